The number of nitrogens with zero attached hydrogens (tertiary/aromatic N) is 4. The van der Waals surface area contributed by atoms with Gasteiger partial charge in [-0.25, -0.2) is 4.68 Å². The predicted octanol–water partition coefficient (Wildman–Crippen LogP) is -0.385. The number of nitrogens with one attached hydrogen (secondary N) is 1. The van der Waals surface area contributed by atoms with Gasteiger partial charge in [-0.3, -0.25) is 4.79 Å². The van der Waals surface area contributed by atoms with Crippen molar-refractivity contribution in [3.63, 3.8) is 0 Å². The summed E-state index contributed by atoms with van der Waals surface area (Å²) in [5.74, 6) is 0.359. The minimum absolute atomic E-state index is 0.00801. The summed E-state index contributed by atoms with van der Waals surface area (Å²) in [7, 11) is 0. The highest BCUT2D eigenvalue weighted by atomic mass is 32.2. The van der Waals surface area contributed by atoms with Crippen LogP contribution < -0.4 is 5.32 Å². The van der Waals surface area contributed by atoms with Crippen LogP contribution in [0.3, 0.4) is 0 Å². The van der Waals surface area contributed by atoms with Crippen LogP contribution in [0.1, 0.15) is 18.9 Å². The van der Waals surface area contributed by atoms with Gasteiger partial charge in [-0.2, -0.15) is 0 Å². The van der Waals surface area contributed by atoms with E-state index in [2.05, 4.69) is 20.8 Å². The number of tetrazole rings is 1. The number of amides is 1. The minimum atomic E-state index is 0.00801. The van der Waals surface area contributed by atoms with Gasteiger partial charge >= 0.3 is 0 Å². The van der Waals surface area contributed by atoms with Crippen molar-refractivity contribution in [1.29, 1.82) is 0 Å². The van der Waals surface area contributed by atoms with Gasteiger partial charge in [0.15, 0.2) is 0 Å². The standard InChI is InChI=1S/C9H13N5O2S/c15-8(10-6-3-16-4-6)5-17-9-11-12-13-14(9)7-1-2-7/h6-7H,1-5H2,(H,10,15). The van der Waals surface area contributed by atoms with Gasteiger partial charge in [-0.05, 0) is 23.3 Å². The van der Waals surface area contributed by atoms with Crippen LogP contribution in [0.25, 0.3) is 0 Å². The third kappa shape index (κ3) is 2.58. The molecule has 2 aliphatic rings. The highest BCUT2D eigenvalue weighted by Gasteiger charge is 2.28. The Hall–Kier alpha value is -1.15. The predicted molar refractivity (Wildman–Crippen MR) is 59.6 cm³/mol. The Morgan fingerprint density at radius 1 is 1.53 bits per heavy atom. The maximum absolute atomic E-state index is 11.6. The molecule has 2 fully saturated rings. The summed E-state index contributed by atoms with van der Waals surface area (Å²) in [6, 6.07) is 0.623. The van der Waals surface area contributed by atoms with Crippen LogP contribution >= 0.6 is 11.8 Å². The molecule has 0 unspecified atom stereocenters. The largest absolute Gasteiger partial charge is 0.377 e. The smallest absolute Gasteiger partial charge is 0.230 e. The lowest BCUT2D eigenvalue weighted by Gasteiger charge is -2.26. The van der Waals surface area contributed by atoms with Crippen LogP contribution in [0, 0.1) is 0 Å². The summed E-state index contributed by atoms with van der Waals surface area (Å²) in [6.45, 7) is 1.24. The summed E-state index contributed by atoms with van der Waals surface area (Å²) in [5, 5.41) is 15.1. The first kappa shape index (κ1) is 11.0. The Morgan fingerprint density at radius 3 is 3.00 bits per heavy atom. The quantitative estimate of drug-likeness (QED) is 0.722. The molecule has 1 amide bonds. The van der Waals surface area contributed by atoms with Gasteiger partial charge in [0.25, 0.3) is 0 Å². The molecule has 0 radical (unpaired) electrons. The van der Waals surface area contributed by atoms with Crippen LogP contribution in [0.15, 0.2) is 5.16 Å². The number of rotatable bonds is 5. The zero-order chi connectivity index (χ0) is 11.7. The van der Waals surface area contributed by atoms with Gasteiger partial charge in [-0.1, -0.05) is 11.8 Å². The lowest BCUT2D eigenvalue weighted by Crippen LogP contribution is -2.49. The van der Waals surface area contributed by atoms with E-state index in [-0.39, 0.29) is 11.9 Å². The topological polar surface area (TPSA) is 81.9 Å². The molecule has 1 aliphatic heterocycles. The highest BCUT2D eigenvalue weighted by Crippen LogP contribution is 2.36. The lowest BCUT2D eigenvalue weighted by atomic mass is 10.2. The average molecular weight is 255 g/mol. The second-order valence-corrected chi connectivity index (χ2v) is 5.17. The van der Waals surface area contributed by atoms with E-state index in [4.69, 9.17) is 4.74 Å². The zero-order valence-electron chi connectivity index (χ0n) is 9.20. The molecule has 2 heterocycles. The van der Waals surface area contributed by atoms with Gasteiger partial charge in [0, 0.05) is 0 Å². The Kier molecular flexibility index (Phi) is 2.98. The number of aromatic nitrogens is 4. The van der Waals surface area contributed by atoms with Crippen LogP contribution in [0.2, 0.25) is 0 Å². The van der Waals surface area contributed by atoms with Gasteiger partial charge in [0.1, 0.15) is 0 Å². The van der Waals surface area contributed by atoms with Crippen molar-refractivity contribution in [2.75, 3.05) is 19.0 Å². The Labute approximate surface area is 102 Å². The van der Waals surface area contributed by atoms with Gasteiger partial charge < -0.3 is 10.1 Å². The number of thioether (sulfide) groups is 1. The van der Waals surface area contributed by atoms with Crippen molar-refractivity contribution >= 4 is 17.7 Å². The van der Waals surface area contributed by atoms with Crippen LogP contribution in [0.4, 0.5) is 0 Å². The number of hydrogen-bond acceptors (Lipinski definition) is 6. The van der Waals surface area contributed by atoms with E-state index in [9.17, 15) is 4.79 Å². The molecule has 3 rings (SSSR count). The fourth-order valence-corrected chi connectivity index (χ4v) is 2.30. The second-order valence-electron chi connectivity index (χ2n) is 4.23. The first-order chi connectivity index (χ1) is 8.33. The molecule has 1 saturated carbocycles. The summed E-state index contributed by atoms with van der Waals surface area (Å²) in [4.78, 5) is 11.6. The Balaban J connectivity index is 1.48. The first-order valence-corrected chi connectivity index (χ1v) is 6.59. The van der Waals surface area contributed by atoms with E-state index in [0.29, 0.717) is 25.0 Å². The first-order valence-electron chi connectivity index (χ1n) is 5.60. The molecular formula is C9H13N5O2S. The minimum Gasteiger partial charge on any atom is -0.377 e. The number of carbonyl (C=O) groups is 1. The van der Waals surface area contributed by atoms with Gasteiger partial charge in [-0.15, -0.1) is 5.10 Å². The van der Waals surface area contributed by atoms with Gasteiger partial charge in [0.2, 0.25) is 11.1 Å². The Bertz CT molecular complexity index is 415. The van der Waals surface area contributed by atoms with E-state index in [1.807, 2.05) is 4.68 Å². The summed E-state index contributed by atoms with van der Waals surface area (Å²) in [5.41, 5.74) is 0. The fraction of sp³-hybridized carbons (Fsp3) is 0.778. The molecule has 0 spiro atoms. The molecule has 7 nitrogen and oxygen atoms in total. The van der Waals surface area contributed by atoms with Crippen molar-refractivity contribution in [2.24, 2.45) is 0 Å². The van der Waals surface area contributed by atoms with Crippen LogP contribution in [0.5, 0.6) is 0 Å². The van der Waals surface area contributed by atoms with Crippen molar-refractivity contribution in [3.05, 3.63) is 0 Å². The van der Waals surface area contributed by atoms with E-state index >= 15 is 0 Å². The molecule has 1 saturated heterocycles. The SMILES string of the molecule is O=C(CSc1nnnn1C1CC1)NC1COC1. The molecule has 1 aliphatic carbocycles. The number of carbonyl (C=O) groups excluding carboxylic acids is 1. The van der Waals surface area contributed by atoms with Crippen molar-refractivity contribution in [2.45, 2.75) is 30.1 Å². The van der Waals surface area contributed by atoms with Crippen LogP contribution in [-0.4, -0.2) is 51.1 Å². The van der Waals surface area contributed by atoms with E-state index in [0.717, 1.165) is 18.0 Å². The number of ether oxygens (including phenoxy) is 1. The number of hydrogen-bond donors (Lipinski definition) is 1. The molecular weight excluding hydrogens is 242 g/mol. The van der Waals surface area contributed by atoms with Gasteiger partial charge in [0.05, 0.1) is 31.1 Å². The Morgan fingerprint density at radius 2 is 2.35 bits per heavy atom. The molecule has 0 atom stereocenters. The molecule has 92 valence electrons. The van der Waals surface area contributed by atoms with Crippen LogP contribution in [-0.2, 0) is 9.53 Å². The molecule has 1 N–H and O–H groups in total. The maximum atomic E-state index is 11.6. The molecule has 0 aromatic carbocycles. The molecule has 1 aromatic heterocycles. The van der Waals surface area contributed by atoms with Crippen molar-refractivity contribution in [1.82, 2.24) is 25.5 Å². The summed E-state index contributed by atoms with van der Waals surface area (Å²) in [6.07, 6.45) is 2.26. The fourth-order valence-electron chi connectivity index (χ4n) is 1.55. The van der Waals surface area contributed by atoms with E-state index in [1.165, 1.54) is 11.8 Å². The monoisotopic (exact) mass is 255 g/mol. The van der Waals surface area contributed by atoms with E-state index in [1.54, 1.807) is 0 Å². The molecule has 8 heteroatoms. The average Bonchev–Trinajstić information content (AvgIpc) is 3.00. The summed E-state index contributed by atoms with van der Waals surface area (Å²) >= 11 is 1.38. The molecule has 0 bridgehead atoms. The lowest BCUT2D eigenvalue weighted by molar-refractivity contribution is -0.122. The normalized spacial score (nSPS) is 20.0. The second kappa shape index (κ2) is 4.61. The van der Waals surface area contributed by atoms with Crippen molar-refractivity contribution < 1.29 is 9.53 Å². The molecule has 1 aromatic rings. The maximum Gasteiger partial charge on any atom is 0.230 e. The van der Waals surface area contributed by atoms with Crippen molar-refractivity contribution in [3.8, 4) is 0 Å². The third-order valence-corrected chi connectivity index (χ3v) is 3.62. The zero-order valence-corrected chi connectivity index (χ0v) is 10.0. The highest BCUT2D eigenvalue weighted by molar-refractivity contribution is 7.99. The summed E-state index contributed by atoms with van der Waals surface area (Å²) < 4.78 is 6.80. The van der Waals surface area contributed by atoms with E-state index < -0.39 is 0 Å². The third-order valence-electron chi connectivity index (χ3n) is 2.69. The molecule has 17 heavy (non-hydrogen) atoms.